The molecule has 0 amide bonds. The molecule has 0 radical (unpaired) electrons. The molecule has 31 heavy (non-hydrogen) atoms. The summed E-state index contributed by atoms with van der Waals surface area (Å²) in [4.78, 5) is 4.67. The third kappa shape index (κ3) is 6.76. The predicted octanol–water partition coefficient (Wildman–Crippen LogP) is 6.72. The Bertz CT molecular complexity index is 970. The smallest absolute Gasteiger partial charge is 0.135 e. The maximum Gasteiger partial charge on any atom is 0.135 e. The second-order valence-electron chi connectivity index (χ2n) is 8.08. The summed E-state index contributed by atoms with van der Waals surface area (Å²) in [6.45, 7) is 15.1. The monoisotopic (exact) mass is 417 g/mol. The maximum atomic E-state index is 7.60. The van der Waals surface area contributed by atoms with Crippen LogP contribution < -0.4 is 10.5 Å². The summed E-state index contributed by atoms with van der Waals surface area (Å²) < 4.78 is 6.12. The van der Waals surface area contributed by atoms with Gasteiger partial charge in [0.15, 0.2) is 0 Å². The van der Waals surface area contributed by atoms with Crippen LogP contribution in [0.25, 0.3) is 11.1 Å². The molecule has 0 aliphatic rings. The first-order valence-electron chi connectivity index (χ1n) is 10.8. The summed E-state index contributed by atoms with van der Waals surface area (Å²) in [7, 11) is 0. The fraction of sp³-hybridized carbons (Fsp3) is 0.333. The molecule has 0 aromatic heterocycles. The summed E-state index contributed by atoms with van der Waals surface area (Å²) in [6, 6.07) is 14.1. The normalized spacial score (nSPS) is 14.1. The lowest BCUT2D eigenvalue weighted by molar-refractivity contribution is 0.448. The maximum absolute atomic E-state index is 7.60. The average Bonchev–Trinajstić information content (AvgIpc) is 2.77. The van der Waals surface area contributed by atoms with E-state index in [-0.39, 0.29) is 0 Å². The highest BCUT2D eigenvalue weighted by Crippen LogP contribution is 2.33. The third-order valence-corrected chi connectivity index (χ3v) is 5.61. The van der Waals surface area contributed by atoms with Crippen molar-refractivity contribution in [2.75, 3.05) is 6.54 Å². The van der Waals surface area contributed by atoms with Crippen molar-refractivity contribution in [2.45, 2.75) is 47.0 Å². The minimum Gasteiger partial charge on any atom is -0.457 e. The standard InChI is InChI=1S/C27H35N3O/c1-7-18(2)22(6)30-20(4)14-21(5)31-27-15-23(17-29)8-13-26(27)25-11-9-24(10-12-25)19(3)16-28/h8-15,17-19,29H,5,7,16,28H2,1-4,6H3/b20-14-,29-17?,30-22?. The second kappa shape index (κ2) is 11.4. The van der Waals surface area contributed by atoms with E-state index in [4.69, 9.17) is 15.9 Å². The largest absolute Gasteiger partial charge is 0.457 e. The molecule has 2 aromatic carbocycles. The van der Waals surface area contributed by atoms with Crippen LogP contribution in [0.5, 0.6) is 5.75 Å². The molecule has 3 N–H and O–H groups in total. The van der Waals surface area contributed by atoms with Crippen LogP contribution in [0, 0.1) is 11.3 Å². The highest BCUT2D eigenvalue weighted by atomic mass is 16.5. The molecule has 4 nitrogen and oxygen atoms in total. The second-order valence-corrected chi connectivity index (χ2v) is 8.08. The van der Waals surface area contributed by atoms with E-state index in [2.05, 4.69) is 63.5 Å². The quantitative estimate of drug-likeness (QED) is 0.256. The lowest BCUT2D eigenvalue weighted by Crippen LogP contribution is -2.08. The number of rotatable bonds is 10. The Morgan fingerprint density at radius 1 is 1.16 bits per heavy atom. The molecule has 164 valence electrons. The van der Waals surface area contributed by atoms with Gasteiger partial charge in [-0.25, -0.2) is 0 Å². The zero-order valence-corrected chi connectivity index (χ0v) is 19.4. The van der Waals surface area contributed by atoms with Crippen LogP contribution in [-0.2, 0) is 0 Å². The zero-order chi connectivity index (χ0) is 23.0. The van der Waals surface area contributed by atoms with Gasteiger partial charge < -0.3 is 15.9 Å². The van der Waals surface area contributed by atoms with Gasteiger partial charge in [0.1, 0.15) is 11.5 Å². The summed E-state index contributed by atoms with van der Waals surface area (Å²) >= 11 is 0. The first-order valence-corrected chi connectivity index (χ1v) is 10.8. The number of nitrogens with two attached hydrogens (primary N) is 1. The lowest BCUT2D eigenvalue weighted by atomic mass is 9.97. The van der Waals surface area contributed by atoms with E-state index >= 15 is 0 Å². The molecule has 2 unspecified atom stereocenters. The fourth-order valence-corrected chi connectivity index (χ4v) is 3.20. The molecule has 4 heteroatoms. The van der Waals surface area contributed by atoms with Crippen LogP contribution >= 0.6 is 0 Å². The van der Waals surface area contributed by atoms with Gasteiger partial charge in [0.05, 0.1) is 0 Å². The number of hydrogen-bond acceptors (Lipinski definition) is 4. The van der Waals surface area contributed by atoms with Crippen molar-refractivity contribution in [1.29, 1.82) is 5.41 Å². The minimum absolute atomic E-state index is 0.317. The average molecular weight is 418 g/mol. The Morgan fingerprint density at radius 3 is 2.42 bits per heavy atom. The van der Waals surface area contributed by atoms with Crippen LogP contribution in [0.2, 0.25) is 0 Å². The lowest BCUT2D eigenvalue weighted by Gasteiger charge is -2.14. The minimum atomic E-state index is 0.317. The number of ether oxygens (including phenoxy) is 1. The van der Waals surface area contributed by atoms with Gasteiger partial charge in [-0.05, 0) is 67.5 Å². The van der Waals surface area contributed by atoms with Crippen LogP contribution in [0.3, 0.4) is 0 Å². The third-order valence-electron chi connectivity index (χ3n) is 5.61. The molecular formula is C27H35N3O. The topological polar surface area (TPSA) is 71.5 Å². The highest BCUT2D eigenvalue weighted by Gasteiger charge is 2.11. The fourth-order valence-electron chi connectivity index (χ4n) is 3.20. The molecule has 0 aliphatic heterocycles. The zero-order valence-electron chi connectivity index (χ0n) is 19.4. The van der Waals surface area contributed by atoms with Gasteiger partial charge in [0.2, 0.25) is 0 Å². The van der Waals surface area contributed by atoms with Crippen molar-refractivity contribution in [3.63, 3.8) is 0 Å². The molecule has 2 aromatic rings. The molecule has 0 fully saturated rings. The Kier molecular flexibility index (Phi) is 8.95. The predicted molar refractivity (Wildman–Crippen MR) is 133 cm³/mol. The van der Waals surface area contributed by atoms with Crippen LogP contribution in [0.15, 0.2) is 71.6 Å². The molecule has 0 heterocycles. The van der Waals surface area contributed by atoms with Crippen molar-refractivity contribution in [3.05, 3.63) is 77.7 Å². The molecule has 0 bridgehead atoms. The van der Waals surface area contributed by atoms with Gasteiger partial charge in [0.25, 0.3) is 0 Å². The summed E-state index contributed by atoms with van der Waals surface area (Å²) in [5.74, 6) is 1.93. The van der Waals surface area contributed by atoms with E-state index in [9.17, 15) is 0 Å². The van der Waals surface area contributed by atoms with E-state index in [0.29, 0.717) is 29.9 Å². The number of aliphatic imine (C=N–C) groups is 1. The van der Waals surface area contributed by atoms with Gasteiger partial charge in [-0.15, -0.1) is 0 Å². The molecule has 0 spiro atoms. The summed E-state index contributed by atoms with van der Waals surface area (Å²) in [6.07, 6.45) is 4.22. The number of hydrogen-bond donors (Lipinski definition) is 2. The van der Waals surface area contributed by atoms with Crippen molar-refractivity contribution in [2.24, 2.45) is 16.6 Å². The van der Waals surface area contributed by atoms with Gasteiger partial charge in [0, 0.05) is 29.3 Å². The van der Waals surface area contributed by atoms with E-state index in [0.717, 1.165) is 34.5 Å². The SMILES string of the molecule is C=C(/C=C(/C)N=C(C)C(C)CC)Oc1cc(C=N)ccc1-c1ccc(C(C)CN)cc1. The van der Waals surface area contributed by atoms with Gasteiger partial charge >= 0.3 is 0 Å². The Hall–Kier alpha value is -2.98. The molecule has 0 saturated heterocycles. The Morgan fingerprint density at radius 2 is 1.84 bits per heavy atom. The first kappa shape index (κ1) is 24.3. The number of allylic oxidation sites excluding steroid dienone is 2. The molecular weight excluding hydrogens is 382 g/mol. The van der Waals surface area contributed by atoms with Gasteiger partial charge in [-0.2, -0.15) is 0 Å². The molecule has 2 atom stereocenters. The van der Waals surface area contributed by atoms with Crippen LogP contribution in [-0.4, -0.2) is 18.5 Å². The highest BCUT2D eigenvalue weighted by molar-refractivity contribution is 5.85. The van der Waals surface area contributed by atoms with E-state index < -0.39 is 0 Å². The first-order chi connectivity index (χ1) is 14.8. The van der Waals surface area contributed by atoms with E-state index in [1.165, 1.54) is 11.8 Å². The number of nitrogens with one attached hydrogen (secondary N) is 1. The summed E-state index contributed by atoms with van der Waals surface area (Å²) in [5.41, 5.74) is 11.7. The van der Waals surface area contributed by atoms with Crippen molar-refractivity contribution >= 4 is 11.9 Å². The number of nitrogens with zero attached hydrogens (tertiary/aromatic N) is 1. The molecule has 0 aliphatic carbocycles. The van der Waals surface area contributed by atoms with Crippen molar-refractivity contribution < 1.29 is 4.74 Å². The van der Waals surface area contributed by atoms with Gasteiger partial charge in [-0.1, -0.05) is 57.7 Å². The van der Waals surface area contributed by atoms with E-state index in [1.54, 1.807) is 0 Å². The van der Waals surface area contributed by atoms with Crippen LogP contribution in [0.4, 0.5) is 0 Å². The van der Waals surface area contributed by atoms with Gasteiger partial charge in [-0.3, -0.25) is 4.99 Å². The van der Waals surface area contributed by atoms with Crippen molar-refractivity contribution in [3.8, 4) is 16.9 Å². The van der Waals surface area contributed by atoms with E-state index in [1.807, 2.05) is 31.2 Å². The van der Waals surface area contributed by atoms with Crippen molar-refractivity contribution in [1.82, 2.24) is 0 Å². The Labute approximate surface area is 187 Å². The number of benzene rings is 2. The molecule has 2 rings (SSSR count). The summed E-state index contributed by atoms with van der Waals surface area (Å²) in [5, 5.41) is 7.60. The molecule has 0 saturated carbocycles. The Balaban J connectivity index is 2.32. The van der Waals surface area contributed by atoms with Crippen LogP contribution in [0.1, 0.15) is 58.1 Å².